The van der Waals surface area contributed by atoms with Gasteiger partial charge < -0.3 is 34.8 Å². The number of fused-ring (bicyclic) bond motifs is 1. The van der Waals surface area contributed by atoms with Gasteiger partial charge in [-0.05, 0) is 87.2 Å². The lowest BCUT2D eigenvalue weighted by molar-refractivity contribution is -0.120. The fourth-order valence-corrected chi connectivity index (χ4v) is 9.58. The van der Waals surface area contributed by atoms with Crippen LogP contribution in [0.15, 0.2) is 73.1 Å². The zero-order valence-electron chi connectivity index (χ0n) is 35.2. The van der Waals surface area contributed by atoms with Crippen molar-refractivity contribution in [1.29, 1.82) is 0 Å². The predicted molar refractivity (Wildman–Crippen MR) is 234 cm³/mol. The highest BCUT2D eigenvalue weighted by atomic mass is 19.1. The molecule has 324 valence electrons. The maximum absolute atomic E-state index is 16.5. The zero-order chi connectivity index (χ0) is 43.1. The number of phenolic OH excluding ortho intramolecular Hbond substituents is 1. The Kier molecular flexibility index (Phi) is 11.3. The third-order valence-corrected chi connectivity index (χ3v) is 13.0. The average Bonchev–Trinajstić information content (AvgIpc) is 3.42. The second-order valence-corrected chi connectivity index (χ2v) is 17.3. The van der Waals surface area contributed by atoms with Crippen molar-refractivity contribution in [2.24, 2.45) is 0 Å². The number of carbonyl (C=O) groups is 3. The Morgan fingerprint density at radius 1 is 1.00 bits per heavy atom. The minimum Gasteiger partial charge on any atom is -0.507 e. The number of nitrogens with two attached hydrogens (primary N) is 1. The van der Waals surface area contributed by atoms with E-state index >= 15 is 4.39 Å². The summed E-state index contributed by atoms with van der Waals surface area (Å²) in [6.07, 6.45) is 6.98. The molecule has 0 radical (unpaired) electrons. The SMILES string of the molecule is Cc1cn([C@@H]2CCCN(CC3(F)CCN(C(=O)c4ccc([C@@H]5CN(c6cc(-c7ccccc7O)nnc6N)C[C@H](C)O5)cc4)CC3)CC2)c2ncc(N3CCC(=O)NC3=O)cc12. The molecule has 0 unspecified atom stereocenters. The van der Waals surface area contributed by atoms with Crippen LogP contribution >= 0.6 is 0 Å². The Morgan fingerprint density at radius 3 is 2.56 bits per heavy atom. The summed E-state index contributed by atoms with van der Waals surface area (Å²) >= 11 is 0. The van der Waals surface area contributed by atoms with Crippen LogP contribution < -0.4 is 20.9 Å². The summed E-state index contributed by atoms with van der Waals surface area (Å²) in [6, 6.07) is 18.1. The zero-order valence-corrected chi connectivity index (χ0v) is 35.2. The van der Waals surface area contributed by atoms with E-state index in [1.54, 1.807) is 34.2 Å². The number of pyridine rings is 1. The van der Waals surface area contributed by atoms with E-state index in [1.165, 1.54) is 0 Å². The first-order chi connectivity index (χ1) is 29.9. The average molecular weight is 845 g/mol. The maximum Gasteiger partial charge on any atom is 0.328 e. The molecule has 2 aromatic carbocycles. The molecule has 4 aliphatic heterocycles. The maximum atomic E-state index is 16.5. The van der Waals surface area contributed by atoms with E-state index in [2.05, 4.69) is 36.1 Å². The topological polar surface area (TPSA) is 175 Å². The second kappa shape index (κ2) is 17.0. The number of aromatic nitrogens is 4. The van der Waals surface area contributed by atoms with Gasteiger partial charge in [0, 0.05) is 93.8 Å². The molecule has 4 amide bonds. The van der Waals surface area contributed by atoms with Crippen LogP contribution in [0.25, 0.3) is 22.3 Å². The summed E-state index contributed by atoms with van der Waals surface area (Å²) < 4.78 is 25.1. The van der Waals surface area contributed by atoms with Crippen LogP contribution in [0.3, 0.4) is 0 Å². The van der Waals surface area contributed by atoms with E-state index in [9.17, 15) is 19.5 Å². The number of hydrogen-bond acceptors (Lipinski definition) is 11. The molecule has 0 saturated carbocycles. The van der Waals surface area contributed by atoms with Gasteiger partial charge in [0.15, 0.2) is 5.82 Å². The van der Waals surface area contributed by atoms with Gasteiger partial charge in [-0.2, -0.15) is 0 Å². The highest BCUT2D eigenvalue weighted by Gasteiger charge is 2.38. The van der Waals surface area contributed by atoms with Gasteiger partial charge in [-0.3, -0.25) is 19.8 Å². The molecule has 4 aliphatic rings. The highest BCUT2D eigenvalue weighted by molar-refractivity contribution is 6.06. The number of aryl methyl sites for hydroxylation is 1. The third kappa shape index (κ3) is 8.40. The van der Waals surface area contributed by atoms with E-state index in [0.717, 1.165) is 54.5 Å². The number of ether oxygens (including phenoxy) is 1. The molecule has 0 aliphatic carbocycles. The van der Waals surface area contributed by atoms with Gasteiger partial charge in [0.2, 0.25) is 5.91 Å². The second-order valence-electron chi connectivity index (χ2n) is 17.3. The first-order valence-electron chi connectivity index (χ1n) is 21.6. The molecule has 4 N–H and O–H groups in total. The Hall–Kier alpha value is -6.13. The van der Waals surface area contributed by atoms with Crippen molar-refractivity contribution in [3.05, 3.63) is 89.7 Å². The van der Waals surface area contributed by atoms with E-state index in [4.69, 9.17) is 15.5 Å². The number of amides is 4. The normalized spacial score (nSPS) is 22.4. The number of benzene rings is 2. The van der Waals surface area contributed by atoms with E-state index in [0.29, 0.717) is 67.5 Å². The summed E-state index contributed by atoms with van der Waals surface area (Å²) in [4.78, 5) is 50.3. The lowest BCUT2D eigenvalue weighted by Gasteiger charge is -2.39. The summed E-state index contributed by atoms with van der Waals surface area (Å²) in [7, 11) is 0. The number of likely N-dealkylation sites (tertiary alicyclic amines) is 2. The van der Waals surface area contributed by atoms with Gasteiger partial charge in [-0.15, -0.1) is 10.2 Å². The molecule has 0 bridgehead atoms. The van der Waals surface area contributed by atoms with Crippen LogP contribution in [0.1, 0.15) is 79.1 Å². The number of anilines is 3. The first-order valence-corrected chi connectivity index (χ1v) is 21.6. The third-order valence-electron chi connectivity index (χ3n) is 13.0. The Labute approximate surface area is 359 Å². The Morgan fingerprint density at radius 2 is 1.79 bits per heavy atom. The minimum absolute atomic E-state index is 0.104. The number of alkyl halides is 1. The molecule has 3 aromatic heterocycles. The fraction of sp³-hybridized carbons (Fsp3) is 0.435. The highest BCUT2D eigenvalue weighted by Crippen LogP contribution is 2.37. The number of piperidine rings is 1. The van der Waals surface area contributed by atoms with Crippen LogP contribution in [-0.4, -0.2) is 117 Å². The van der Waals surface area contributed by atoms with Crippen molar-refractivity contribution in [2.45, 2.75) is 76.3 Å². The van der Waals surface area contributed by atoms with Crippen molar-refractivity contribution in [3.63, 3.8) is 0 Å². The monoisotopic (exact) mass is 844 g/mol. The number of nitrogens with one attached hydrogen (secondary N) is 1. The molecular formula is C46H53FN10O5. The quantitative estimate of drug-likeness (QED) is 0.163. The molecule has 16 heteroatoms. The molecule has 4 fully saturated rings. The van der Waals surface area contributed by atoms with Crippen LogP contribution in [-0.2, 0) is 9.53 Å². The largest absolute Gasteiger partial charge is 0.507 e. The lowest BCUT2D eigenvalue weighted by Crippen LogP contribution is -2.50. The van der Waals surface area contributed by atoms with Crippen LogP contribution in [0.2, 0.25) is 0 Å². The lowest BCUT2D eigenvalue weighted by atomic mass is 9.92. The molecule has 4 saturated heterocycles. The molecule has 9 rings (SSSR count). The van der Waals surface area contributed by atoms with Crippen molar-refractivity contribution in [2.75, 3.05) is 67.9 Å². The Bertz CT molecular complexity index is 2490. The fourth-order valence-electron chi connectivity index (χ4n) is 9.58. The molecule has 5 aromatic rings. The van der Waals surface area contributed by atoms with Gasteiger partial charge in [0.05, 0.1) is 29.4 Å². The first kappa shape index (κ1) is 41.2. The molecule has 3 atom stereocenters. The van der Waals surface area contributed by atoms with E-state index < -0.39 is 11.7 Å². The standard InChI is InChI=1S/C46H53FN10O5/c1-29-25-57(43-36(29)22-34(24-49-43)56-19-14-41(59)50-45(56)61)33-6-5-17-53(18-13-33)28-46(47)15-20-54(21-16-46)44(60)32-11-9-31(10-12-32)40-27-55(26-30(2)62-40)38-23-37(51-52-42(38)48)35-7-3-4-8-39(35)58/h3-4,7-12,22-25,30,33,40,58H,5-6,13-21,26-28H2,1-2H3,(H2,48,52)(H,50,59,61)/t30-,33+,40-/m0/s1. The van der Waals surface area contributed by atoms with Crippen molar-refractivity contribution in [1.82, 2.24) is 34.9 Å². The van der Waals surface area contributed by atoms with Crippen LogP contribution in [0, 0.1) is 6.92 Å². The smallest absolute Gasteiger partial charge is 0.328 e. The number of carbonyl (C=O) groups excluding carboxylic acids is 3. The van der Waals surface area contributed by atoms with Crippen molar-refractivity contribution in [3.8, 4) is 17.0 Å². The number of aromatic hydroxyl groups is 1. The molecule has 15 nitrogen and oxygen atoms in total. The number of nitrogen functional groups attached to an aromatic ring is 1. The van der Waals surface area contributed by atoms with E-state index in [-0.39, 0.29) is 60.9 Å². The predicted octanol–water partition coefficient (Wildman–Crippen LogP) is 6.17. The number of para-hydroxylation sites is 1. The Balaban J connectivity index is 0.786. The summed E-state index contributed by atoms with van der Waals surface area (Å²) in [5.41, 5.74) is 10.8. The van der Waals surface area contributed by atoms with Crippen LogP contribution in [0.5, 0.6) is 5.75 Å². The number of urea groups is 1. The molecule has 0 spiro atoms. The summed E-state index contributed by atoms with van der Waals surface area (Å²) in [5, 5.41) is 22.2. The molecule has 62 heavy (non-hydrogen) atoms. The summed E-state index contributed by atoms with van der Waals surface area (Å²) in [6.45, 7) is 8.08. The number of rotatable bonds is 8. The number of morpholine rings is 1. The number of nitrogens with zero attached hydrogens (tertiary/aromatic N) is 8. The molecule has 7 heterocycles. The van der Waals surface area contributed by atoms with Crippen molar-refractivity contribution < 1.29 is 28.6 Å². The van der Waals surface area contributed by atoms with Gasteiger partial charge in [-0.1, -0.05) is 24.3 Å². The van der Waals surface area contributed by atoms with Gasteiger partial charge in [0.1, 0.15) is 23.2 Å². The van der Waals surface area contributed by atoms with Crippen LogP contribution in [0.4, 0.5) is 26.4 Å². The number of hydrogen-bond donors (Lipinski definition) is 3. The van der Waals surface area contributed by atoms with Gasteiger partial charge in [0.25, 0.3) is 5.91 Å². The molecular weight excluding hydrogens is 792 g/mol. The van der Waals surface area contributed by atoms with E-state index in [1.807, 2.05) is 56.3 Å². The van der Waals surface area contributed by atoms with Crippen molar-refractivity contribution >= 4 is 46.1 Å². The minimum atomic E-state index is -1.38. The van der Waals surface area contributed by atoms with Gasteiger partial charge >= 0.3 is 6.03 Å². The number of halogens is 1. The number of phenols is 1. The van der Waals surface area contributed by atoms with Gasteiger partial charge in [-0.25, -0.2) is 14.2 Å². The summed E-state index contributed by atoms with van der Waals surface area (Å²) in [5.74, 6) is 0.0231. The number of imide groups is 1.